The van der Waals surface area contributed by atoms with Crippen LogP contribution in [-0.2, 0) is 5.75 Å². The summed E-state index contributed by atoms with van der Waals surface area (Å²) in [5.74, 6) is 0.726. The molecule has 19 heavy (non-hydrogen) atoms. The van der Waals surface area contributed by atoms with Gasteiger partial charge in [-0.15, -0.1) is 0 Å². The van der Waals surface area contributed by atoms with Gasteiger partial charge in [0.1, 0.15) is 11.5 Å². The minimum absolute atomic E-state index is 0.0596. The van der Waals surface area contributed by atoms with Crippen molar-refractivity contribution in [2.24, 2.45) is 0 Å². The first-order valence-corrected chi connectivity index (χ1v) is 6.64. The van der Waals surface area contributed by atoms with Gasteiger partial charge >= 0.3 is 0 Å². The topological polar surface area (TPSA) is 82.0 Å². The molecule has 2 aromatic heterocycles. The van der Waals surface area contributed by atoms with Crippen molar-refractivity contribution < 1.29 is 10.2 Å². The summed E-state index contributed by atoms with van der Waals surface area (Å²) >= 11 is 1.50. The Labute approximate surface area is 113 Å². The molecule has 1 aromatic carbocycles. The number of H-pyrrole nitrogens is 1. The van der Waals surface area contributed by atoms with Crippen LogP contribution in [-0.4, -0.2) is 25.2 Å². The van der Waals surface area contributed by atoms with Crippen LogP contribution >= 0.6 is 11.8 Å². The number of aromatic amines is 1. The van der Waals surface area contributed by atoms with Crippen molar-refractivity contribution in [1.82, 2.24) is 15.0 Å². The molecule has 0 radical (unpaired) electrons. The van der Waals surface area contributed by atoms with Crippen molar-refractivity contribution in [2.75, 3.05) is 0 Å². The number of nitrogens with zero attached hydrogens (tertiary/aromatic N) is 2. The second kappa shape index (κ2) is 4.81. The van der Waals surface area contributed by atoms with Gasteiger partial charge in [0.2, 0.25) is 0 Å². The number of hydrogen-bond acceptors (Lipinski definition) is 5. The number of phenolic OH excluding ortho intramolecular Hbond substituents is 2. The Balaban J connectivity index is 1.78. The molecule has 2 heterocycles. The molecule has 3 rings (SSSR count). The molecule has 0 amide bonds. The Kier molecular flexibility index (Phi) is 3.00. The predicted molar refractivity (Wildman–Crippen MR) is 73.2 cm³/mol. The smallest absolute Gasteiger partial charge is 0.166 e. The Morgan fingerprint density at radius 3 is 2.68 bits per heavy atom. The standard InChI is InChI=1S/C13H11N3O2S/c17-9-3-8(4-10(18)5-9)7-19-13-15-11-1-2-14-6-12(11)16-13/h1-6,17-18H,7H2,(H,15,16). The molecule has 0 atom stereocenters. The zero-order chi connectivity index (χ0) is 13.2. The third-order valence-electron chi connectivity index (χ3n) is 2.60. The fraction of sp³-hybridized carbons (Fsp3) is 0.0769. The van der Waals surface area contributed by atoms with Crippen molar-refractivity contribution in [1.29, 1.82) is 0 Å². The molecule has 0 saturated carbocycles. The van der Waals surface area contributed by atoms with Crippen LogP contribution in [0.5, 0.6) is 11.5 Å². The van der Waals surface area contributed by atoms with Gasteiger partial charge in [0.25, 0.3) is 0 Å². The third-order valence-corrected chi connectivity index (χ3v) is 3.54. The van der Waals surface area contributed by atoms with Crippen molar-refractivity contribution in [3.05, 3.63) is 42.2 Å². The lowest BCUT2D eigenvalue weighted by Gasteiger charge is -2.01. The van der Waals surface area contributed by atoms with Gasteiger partial charge in [-0.2, -0.15) is 0 Å². The maximum Gasteiger partial charge on any atom is 0.166 e. The molecule has 0 aliphatic heterocycles. The first-order valence-electron chi connectivity index (χ1n) is 5.65. The fourth-order valence-corrected chi connectivity index (χ4v) is 2.61. The van der Waals surface area contributed by atoms with E-state index >= 15 is 0 Å². The van der Waals surface area contributed by atoms with Crippen LogP contribution in [0.3, 0.4) is 0 Å². The minimum Gasteiger partial charge on any atom is -0.508 e. The molecule has 0 spiro atoms. The van der Waals surface area contributed by atoms with E-state index in [1.165, 1.54) is 17.8 Å². The van der Waals surface area contributed by atoms with Gasteiger partial charge in [-0.3, -0.25) is 4.98 Å². The third kappa shape index (κ3) is 2.63. The van der Waals surface area contributed by atoms with Crippen LogP contribution in [0.4, 0.5) is 0 Å². The predicted octanol–water partition coefficient (Wildman–Crippen LogP) is 2.66. The monoisotopic (exact) mass is 273 g/mol. The average Bonchev–Trinajstić information content (AvgIpc) is 2.78. The van der Waals surface area contributed by atoms with E-state index in [0.717, 1.165) is 21.8 Å². The van der Waals surface area contributed by atoms with Gasteiger partial charge < -0.3 is 15.2 Å². The number of benzene rings is 1. The summed E-state index contributed by atoms with van der Waals surface area (Å²) in [5, 5.41) is 19.6. The van der Waals surface area contributed by atoms with Gasteiger partial charge in [0.05, 0.1) is 17.2 Å². The van der Waals surface area contributed by atoms with E-state index in [9.17, 15) is 10.2 Å². The number of fused-ring (bicyclic) bond motifs is 1. The second-order valence-corrected chi connectivity index (χ2v) is 5.05. The first kappa shape index (κ1) is 11.9. The molecule has 0 bridgehead atoms. The number of imidazole rings is 1. The summed E-state index contributed by atoms with van der Waals surface area (Å²) in [5.41, 5.74) is 2.60. The Morgan fingerprint density at radius 1 is 1.16 bits per heavy atom. The highest BCUT2D eigenvalue weighted by Gasteiger charge is 2.05. The van der Waals surface area contributed by atoms with E-state index in [2.05, 4.69) is 15.0 Å². The summed E-state index contributed by atoms with van der Waals surface area (Å²) in [6, 6.07) is 6.39. The zero-order valence-electron chi connectivity index (χ0n) is 9.87. The number of rotatable bonds is 3. The Bertz CT molecular complexity index is 673. The molecular formula is C13H11N3O2S. The van der Waals surface area contributed by atoms with Gasteiger partial charge in [0.15, 0.2) is 5.16 Å². The van der Waals surface area contributed by atoms with Crippen LogP contribution < -0.4 is 0 Å². The lowest BCUT2D eigenvalue weighted by atomic mass is 10.2. The number of aromatic hydroxyl groups is 2. The van der Waals surface area contributed by atoms with Gasteiger partial charge in [0, 0.05) is 18.0 Å². The maximum atomic E-state index is 9.40. The van der Waals surface area contributed by atoms with Crippen molar-refractivity contribution in [3.63, 3.8) is 0 Å². The molecule has 0 saturated heterocycles. The number of nitrogens with one attached hydrogen (secondary N) is 1. The summed E-state index contributed by atoms with van der Waals surface area (Å²) in [4.78, 5) is 11.6. The summed E-state index contributed by atoms with van der Waals surface area (Å²) in [7, 11) is 0. The highest BCUT2D eigenvalue weighted by atomic mass is 32.2. The molecule has 0 unspecified atom stereocenters. The SMILES string of the molecule is Oc1cc(O)cc(CSc2nc3ccncc3[nH]2)c1. The van der Waals surface area contributed by atoms with Crippen LogP contribution in [0.25, 0.3) is 11.0 Å². The number of thioether (sulfide) groups is 1. The Morgan fingerprint density at radius 2 is 1.95 bits per heavy atom. The van der Waals surface area contributed by atoms with Gasteiger partial charge in [-0.25, -0.2) is 4.98 Å². The largest absolute Gasteiger partial charge is 0.508 e. The van der Waals surface area contributed by atoms with E-state index in [4.69, 9.17) is 0 Å². The highest BCUT2D eigenvalue weighted by Crippen LogP contribution is 2.27. The van der Waals surface area contributed by atoms with Crippen molar-refractivity contribution in [3.8, 4) is 11.5 Å². The molecule has 96 valence electrons. The van der Waals surface area contributed by atoms with Gasteiger partial charge in [-0.1, -0.05) is 11.8 Å². The molecule has 0 aliphatic carbocycles. The van der Waals surface area contributed by atoms with Crippen LogP contribution in [0.1, 0.15) is 5.56 Å². The molecule has 0 aliphatic rings. The zero-order valence-corrected chi connectivity index (χ0v) is 10.7. The molecule has 3 N–H and O–H groups in total. The normalized spacial score (nSPS) is 10.9. The van der Waals surface area contributed by atoms with E-state index in [1.54, 1.807) is 24.5 Å². The number of aromatic nitrogens is 3. The number of hydrogen-bond donors (Lipinski definition) is 3. The van der Waals surface area contributed by atoms with E-state index in [1.807, 2.05) is 6.07 Å². The van der Waals surface area contributed by atoms with Gasteiger partial charge in [-0.05, 0) is 23.8 Å². The second-order valence-electron chi connectivity index (χ2n) is 4.08. The molecular weight excluding hydrogens is 262 g/mol. The number of phenols is 2. The molecule has 3 aromatic rings. The van der Waals surface area contributed by atoms with E-state index in [-0.39, 0.29) is 11.5 Å². The average molecular weight is 273 g/mol. The molecule has 0 fully saturated rings. The summed E-state index contributed by atoms with van der Waals surface area (Å²) in [6.07, 6.45) is 3.43. The van der Waals surface area contributed by atoms with Crippen molar-refractivity contribution in [2.45, 2.75) is 10.9 Å². The van der Waals surface area contributed by atoms with Crippen LogP contribution in [0.2, 0.25) is 0 Å². The quantitative estimate of drug-likeness (QED) is 0.639. The molecule has 6 heteroatoms. The van der Waals surface area contributed by atoms with Crippen molar-refractivity contribution >= 4 is 22.8 Å². The summed E-state index contributed by atoms with van der Waals surface area (Å²) in [6.45, 7) is 0. The van der Waals surface area contributed by atoms with Crippen LogP contribution in [0.15, 0.2) is 41.8 Å². The first-order chi connectivity index (χ1) is 9.20. The number of pyridine rings is 1. The maximum absolute atomic E-state index is 9.40. The molecule has 5 nitrogen and oxygen atoms in total. The lowest BCUT2D eigenvalue weighted by molar-refractivity contribution is 0.450. The van der Waals surface area contributed by atoms with Crippen LogP contribution in [0, 0.1) is 0 Å². The van der Waals surface area contributed by atoms with E-state index < -0.39 is 0 Å². The Hall–Kier alpha value is -2.21. The summed E-state index contributed by atoms with van der Waals surface area (Å²) < 4.78 is 0. The highest BCUT2D eigenvalue weighted by molar-refractivity contribution is 7.98. The minimum atomic E-state index is 0.0596. The fourth-order valence-electron chi connectivity index (χ4n) is 1.79. The van der Waals surface area contributed by atoms with E-state index in [0.29, 0.717) is 5.75 Å². The lowest BCUT2D eigenvalue weighted by Crippen LogP contribution is -1.82.